The summed E-state index contributed by atoms with van der Waals surface area (Å²) in [5.41, 5.74) is 4.61. The van der Waals surface area contributed by atoms with E-state index in [1.807, 2.05) is 18.3 Å². The number of aromatic nitrogens is 3. The summed E-state index contributed by atoms with van der Waals surface area (Å²) in [6.07, 6.45) is 3.98. The summed E-state index contributed by atoms with van der Waals surface area (Å²) < 4.78 is 5.54. The Kier molecular flexibility index (Phi) is 4.35. The van der Waals surface area contributed by atoms with Gasteiger partial charge in [-0.3, -0.25) is 0 Å². The molecule has 0 atom stereocenters. The minimum atomic E-state index is 0. The highest BCUT2D eigenvalue weighted by Gasteiger charge is 2.21. The molecule has 0 saturated heterocycles. The lowest BCUT2D eigenvalue weighted by atomic mass is 10.1. The van der Waals surface area contributed by atoms with Crippen molar-refractivity contribution in [2.45, 2.75) is 0 Å². The van der Waals surface area contributed by atoms with E-state index in [-0.39, 0.29) is 24.0 Å². The van der Waals surface area contributed by atoms with E-state index in [1.54, 1.807) is 0 Å². The van der Waals surface area contributed by atoms with Gasteiger partial charge in [0.2, 0.25) is 9.35 Å². The van der Waals surface area contributed by atoms with Gasteiger partial charge in [0, 0.05) is 34.2 Å². The summed E-state index contributed by atoms with van der Waals surface area (Å²) in [5.74, 6) is 0. The molecule has 4 aromatic rings. The van der Waals surface area contributed by atoms with Gasteiger partial charge in [0.15, 0.2) is 0 Å². The zero-order valence-electron chi connectivity index (χ0n) is 11.9. The Morgan fingerprint density at radius 2 is 1.86 bits per heavy atom. The second-order valence-corrected chi connectivity index (χ2v) is 6.17. The quantitative estimate of drug-likeness (QED) is 0.270. The van der Waals surface area contributed by atoms with Crippen LogP contribution in [0.3, 0.4) is 0 Å². The van der Waals surface area contributed by atoms with Gasteiger partial charge in [-0.1, -0.05) is 30.3 Å². The standard InChI is InChI=1S/C17H13IN3.HI/c1-20-11-15(18)21-16-13(8-5-9-19-16)10-14(17(20)21)12-6-3-2-4-7-12;/h2-11H,1H3;1H/q+1;/p-1. The maximum absolute atomic E-state index is 4.56. The fourth-order valence-corrected chi connectivity index (χ4v) is 3.68. The summed E-state index contributed by atoms with van der Waals surface area (Å²) >= 11 is 2.37. The van der Waals surface area contributed by atoms with Crippen LogP contribution in [0.5, 0.6) is 0 Å². The highest BCUT2D eigenvalue weighted by Crippen LogP contribution is 2.28. The van der Waals surface area contributed by atoms with Gasteiger partial charge in [0.25, 0.3) is 5.65 Å². The maximum Gasteiger partial charge on any atom is 0.296 e. The second kappa shape index (κ2) is 6.11. The molecule has 5 heteroatoms. The molecular formula is C17H13I2N3. The Balaban J connectivity index is 0.00000144. The van der Waals surface area contributed by atoms with Crippen LogP contribution in [0.15, 0.2) is 60.9 Å². The highest BCUT2D eigenvalue weighted by atomic mass is 127. The molecule has 0 amide bonds. The van der Waals surface area contributed by atoms with Gasteiger partial charge in [-0.2, -0.15) is 4.40 Å². The van der Waals surface area contributed by atoms with Gasteiger partial charge in [-0.05, 0) is 23.8 Å². The molecular weight excluding hydrogens is 500 g/mol. The van der Waals surface area contributed by atoms with Gasteiger partial charge in [0.1, 0.15) is 6.20 Å². The molecule has 0 aliphatic carbocycles. The number of hydrogen-bond donors (Lipinski definition) is 0. The molecule has 0 unspecified atom stereocenters. The molecule has 3 aromatic heterocycles. The van der Waals surface area contributed by atoms with E-state index in [4.69, 9.17) is 0 Å². The molecule has 110 valence electrons. The van der Waals surface area contributed by atoms with Crippen LogP contribution in [0.25, 0.3) is 27.8 Å². The summed E-state index contributed by atoms with van der Waals surface area (Å²) in [7, 11) is 2.08. The van der Waals surface area contributed by atoms with E-state index in [1.165, 1.54) is 11.1 Å². The SMILES string of the molecule is C[n+]1cc(I)n2c3ncccc3cc(-c3ccccc3)c21.[I-]. The summed E-state index contributed by atoms with van der Waals surface area (Å²) in [4.78, 5) is 4.56. The minimum Gasteiger partial charge on any atom is -1.00 e. The molecule has 0 N–H and O–H groups in total. The number of aryl methyl sites for hydroxylation is 1. The lowest BCUT2D eigenvalue weighted by Crippen LogP contribution is -3.00. The zero-order valence-corrected chi connectivity index (χ0v) is 16.2. The third-order valence-electron chi connectivity index (χ3n) is 3.71. The van der Waals surface area contributed by atoms with Crippen LogP contribution in [0.2, 0.25) is 0 Å². The average molecular weight is 513 g/mol. The molecule has 0 radical (unpaired) electrons. The zero-order chi connectivity index (χ0) is 14.4. The summed E-state index contributed by atoms with van der Waals surface area (Å²) in [6, 6.07) is 16.8. The monoisotopic (exact) mass is 513 g/mol. The molecule has 0 bridgehead atoms. The minimum absolute atomic E-state index is 0. The van der Waals surface area contributed by atoms with Crippen molar-refractivity contribution in [3.05, 3.63) is 64.6 Å². The fraction of sp³-hybridized carbons (Fsp3) is 0.0588. The first-order chi connectivity index (χ1) is 10.3. The van der Waals surface area contributed by atoms with Crippen molar-refractivity contribution in [1.29, 1.82) is 0 Å². The van der Waals surface area contributed by atoms with E-state index in [9.17, 15) is 0 Å². The predicted molar refractivity (Wildman–Crippen MR) is 92.0 cm³/mol. The summed E-state index contributed by atoms with van der Waals surface area (Å²) in [6.45, 7) is 0. The predicted octanol–water partition coefficient (Wildman–Crippen LogP) is 0.588. The van der Waals surface area contributed by atoms with E-state index in [0.717, 1.165) is 20.4 Å². The molecule has 0 spiro atoms. The van der Waals surface area contributed by atoms with Crippen LogP contribution in [0.1, 0.15) is 0 Å². The molecule has 3 nitrogen and oxygen atoms in total. The number of halogens is 2. The first-order valence-corrected chi connectivity index (χ1v) is 7.83. The number of pyridine rings is 2. The van der Waals surface area contributed by atoms with Gasteiger partial charge in [-0.15, -0.1) is 0 Å². The van der Waals surface area contributed by atoms with Crippen LogP contribution in [-0.4, -0.2) is 9.38 Å². The highest BCUT2D eigenvalue weighted by molar-refractivity contribution is 14.1. The van der Waals surface area contributed by atoms with E-state index < -0.39 is 0 Å². The smallest absolute Gasteiger partial charge is 0.296 e. The molecule has 4 rings (SSSR count). The largest absolute Gasteiger partial charge is 1.00 e. The first-order valence-electron chi connectivity index (χ1n) is 6.75. The Morgan fingerprint density at radius 1 is 1.09 bits per heavy atom. The topological polar surface area (TPSA) is 21.2 Å². The third-order valence-corrected chi connectivity index (χ3v) is 4.47. The Morgan fingerprint density at radius 3 is 2.64 bits per heavy atom. The third kappa shape index (κ3) is 2.40. The second-order valence-electron chi connectivity index (χ2n) is 5.06. The molecule has 0 aliphatic rings. The lowest BCUT2D eigenvalue weighted by molar-refractivity contribution is -0.644. The maximum atomic E-state index is 4.56. The molecule has 3 heterocycles. The van der Waals surface area contributed by atoms with E-state index in [2.05, 4.69) is 86.2 Å². The van der Waals surface area contributed by atoms with Crippen molar-refractivity contribution in [2.75, 3.05) is 0 Å². The molecule has 0 fully saturated rings. The first kappa shape index (κ1) is 15.7. The van der Waals surface area contributed by atoms with Gasteiger partial charge in [0.05, 0.1) is 12.6 Å². The molecule has 1 aromatic carbocycles. The molecule has 22 heavy (non-hydrogen) atoms. The number of fused-ring (bicyclic) bond motifs is 3. The van der Waals surface area contributed by atoms with Crippen LogP contribution >= 0.6 is 22.6 Å². The van der Waals surface area contributed by atoms with Crippen LogP contribution in [-0.2, 0) is 7.05 Å². The number of imidazole rings is 1. The van der Waals surface area contributed by atoms with Crippen LogP contribution in [0.4, 0.5) is 0 Å². The van der Waals surface area contributed by atoms with Crippen molar-refractivity contribution < 1.29 is 28.5 Å². The van der Waals surface area contributed by atoms with Crippen molar-refractivity contribution in [3.63, 3.8) is 0 Å². The van der Waals surface area contributed by atoms with Gasteiger partial charge in [-0.25, -0.2) is 9.55 Å². The van der Waals surface area contributed by atoms with Gasteiger partial charge >= 0.3 is 0 Å². The Hall–Kier alpha value is -1.22. The van der Waals surface area contributed by atoms with Gasteiger partial charge < -0.3 is 24.0 Å². The molecule has 0 saturated carbocycles. The van der Waals surface area contributed by atoms with Crippen molar-refractivity contribution in [3.8, 4) is 11.1 Å². The Bertz CT molecular complexity index is 962. The number of nitrogens with zero attached hydrogens (tertiary/aromatic N) is 3. The van der Waals surface area contributed by atoms with Crippen LogP contribution in [0, 0.1) is 3.70 Å². The van der Waals surface area contributed by atoms with Crippen LogP contribution < -0.4 is 28.5 Å². The summed E-state index contributed by atoms with van der Waals surface area (Å²) in [5, 5.41) is 1.15. The van der Waals surface area contributed by atoms with E-state index in [0.29, 0.717) is 0 Å². The molecule has 0 aliphatic heterocycles. The number of hydrogen-bond acceptors (Lipinski definition) is 1. The van der Waals surface area contributed by atoms with Crippen molar-refractivity contribution in [2.24, 2.45) is 7.05 Å². The Labute approximate surface area is 159 Å². The van der Waals surface area contributed by atoms with Crippen molar-refractivity contribution in [1.82, 2.24) is 9.38 Å². The van der Waals surface area contributed by atoms with E-state index >= 15 is 0 Å². The van der Waals surface area contributed by atoms with Crippen molar-refractivity contribution >= 4 is 39.3 Å². The fourth-order valence-electron chi connectivity index (χ4n) is 2.81. The number of benzene rings is 1. The number of rotatable bonds is 1. The lowest BCUT2D eigenvalue weighted by Gasteiger charge is -2.04. The normalized spacial score (nSPS) is 10.8. The average Bonchev–Trinajstić information content (AvgIpc) is 2.83.